The van der Waals surface area contributed by atoms with Gasteiger partial charge in [0.25, 0.3) is 5.91 Å². The molecule has 1 saturated heterocycles. The number of Topliss-reactive ketones (excluding diaryl/α,β-unsaturated/α-hetero) is 1. The number of methoxy groups -OCH3 is 2. The first-order valence-electron chi connectivity index (χ1n) is 11.4. The smallest absolute Gasteiger partial charge is 0.261 e. The molecule has 0 saturated carbocycles. The second-order valence-corrected chi connectivity index (χ2v) is 9.28. The van der Waals surface area contributed by atoms with Crippen molar-refractivity contribution in [2.45, 2.75) is 31.0 Å². The minimum absolute atomic E-state index is 0.0412. The van der Waals surface area contributed by atoms with Gasteiger partial charge in [0.2, 0.25) is 17.2 Å². The summed E-state index contributed by atoms with van der Waals surface area (Å²) in [5.74, 6) is -13.7. The summed E-state index contributed by atoms with van der Waals surface area (Å²) in [5.41, 5.74) is -0.210. The molecular weight excluding hydrogens is 494 g/mol. The van der Waals surface area contributed by atoms with Gasteiger partial charge in [0.1, 0.15) is 5.56 Å². The van der Waals surface area contributed by atoms with Gasteiger partial charge in [-0.25, -0.2) is 4.90 Å². The molecule has 0 amide bonds. The molecule has 0 bridgehead atoms. The van der Waals surface area contributed by atoms with E-state index in [1.54, 1.807) is 6.07 Å². The summed E-state index contributed by atoms with van der Waals surface area (Å²) in [6, 6.07) is 3.10. The molecule has 2 aromatic carbocycles. The third-order valence-electron chi connectivity index (χ3n) is 7.37. The fourth-order valence-electron chi connectivity index (χ4n) is 5.22. The average molecular weight is 523 g/mol. The number of piperidine rings is 1. The van der Waals surface area contributed by atoms with Gasteiger partial charge in [0, 0.05) is 24.6 Å². The van der Waals surface area contributed by atoms with Crippen LogP contribution in [0.4, 0.5) is 0 Å². The highest BCUT2D eigenvalue weighted by molar-refractivity contribution is 6.03. The van der Waals surface area contributed by atoms with Crippen molar-refractivity contribution in [2.24, 2.45) is 11.8 Å². The van der Waals surface area contributed by atoms with E-state index in [0.29, 0.717) is 17.1 Å². The van der Waals surface area contributed by atoms with Crippen molar-refractivity contribution >= 4 is 5.78 Å². The van der Waals surface area contributed by atoms with Crippen LogP contribution < -0.4 is 9.47 Å². The Kier molecular flexibility index (Phi) is 6.55. The molecule has 1 aliphatic heterocycles. The normalized spacial score (nSPS) is 19.2. The van der Waals surface area contributed by atoms with E-state index in [1.165, 1.54) is 20.3 Å². The lowest BCUT2D eigenvalue weighted by Crippen LogP contribution is -2.55. The molecule has 202 valence electrons. The zero-order chi connectivity index (χ0) is 27.4. The lowest BCUT2D eigenvalue weighted by atomic mass is 9.79. The summed E-state index contributed by atoms with van der Waals surface area (Å²) in [6.45, 7) is -0.422. The summed E-state index contributed by atoms with van der Waals surface area (Å²) in [5, 5.41) is 92.9. The molecule has 13 heteroatoms. The van der Waals surface area contributed by atoms with Crippen LogP contribution in [0.1, 0.15) is 34.3 Å². The van der Waals surface area contributed by atoms with Gasteiger partial charge in [-0.15, -0.1) is 0 Å². The van der Waals surface area contributed by atoms with Crippen LogP contribution in [0.15, 0.2) is 12.1 Å². The van der Waals surface area contributed by atoms with Crippen LogP contribution in [0.5, 0.6) is 40.2 Å². The summed E-state index contributed by atoms with van der Waals surface area (Å²) >= 11 is 0. The predicted molar refractivity (Wildman–Crippen MR) is 123 cm³/mol. The van der Waals surface area contributed by atoms with Crippen molar-refractivity contribution in [1.29, 1.82) is 0 Å². The minimum Gasteiger partial charge on any atom is -0.504 e. The first kappa shape index (κ1) is 26.6. The van der Waals surface area contributed by atoms with Gasteiger partial charge in [-0.1, -0.05) is 0 Å². The number of likely N-dealkylation sites (tertiary alicyclic amines) is 1. The number of hydrogen-bond donors (Lipinski definition) is 9. The zero-order valence-electron chi connectivity index (χ0n) is 20.0. The molecular formula is C24H29NO12. The Labute approximate surface area is 210 Å². The topological polar surface area (TPSA) is 221 Å². The number of phenolic OH excluding ortho intramolecular Hbond substituents is 5. The third kappa shape index (κ3) is 4.04. The fraction of sp³-hybridized carbons (Fsp3) is 0.458. The highest BCUT2D eigenvalue weighted by Gasteiger charge is 2.52. The summed E-state index contributed by atoms with van der Waals surface area (Å²) in [4.78, 5) is 14.0. The SMILES string of the molecule is COc1cc2c(cc1OC)C(=O)C(C(O)(O)C1CCN(C(O)(O)c3c(O)c(O)c(O)c(O)c3O)CC1)C2. The fourth-order valence-corrected chi connectivity index (χ4v) is 5.22. The number of aromatic hydroxyl groups is 5. The van der Waals surface area contributed by atoms with Gasteiger partial charge in [0.15, 0.2) is 34.6 Å². The van der Waals surface area contributed by atoms with E-state index in [1.807, 2.05) is 0 Å². The lowest BCUT2D eigenvalue weighted by molar-refractivity contribution is -0.294. The Morgan fingerprint density at radius 3 is 1.81 bits per heavy atom. The number of nitrogens with zero attached hydrogens (tertiary/aromatic N) is 1. The molecule has 2 aliphatic rings. The molecule has 9 N–H and O–H groups in total. The van der Waals surface area contributed by atoms with Gasteiger partial charge in [0.05, 0.1) is 20.1 Å². The van der Waals surface area contributed by atoms with E-state index in [4.69, 9.17) is 9.47 Å². The summed E-state index contributed by atoms with van der Waals surface area (Å²) in [7, 11) is 2.86. The number of carbonyl (C=O) groups excluding carboxylic acids is 1. The molecule has 1 fully saturated rings. The minimum atomic E-state index is -3.12. The van der Waals surface area contributed by atoms with Gasteiger partial charge in [-0.05, 0) is 37.0 Å². The predicted octanol–water partition coefficient (Wildman–Crippen LogP) is -0.225. The Morgan fingerprint density at radius 1 is 0.811 bits per heavy atom. The number of hydrogen-bond acceptors (Lipinski definition) is 13. The second-order valence-electron chi connectivity index (χ2n) is 9.28. The molecule has 1 heterocycles. The van der Waals surface area contributed by atoms with Crippen molar-refractivity contribution in [1.82, 2.24) is 4.90 Å². The number of fused-ring (bicyclic) bond motifs is 1. The van der Waals surface area contributed by atoms with E-state index in [2.05, 4.69) is 0 Å². The lowest BCUT2D eigenvalue weighted by Gasteiger charge is -2.44. The van der Waals surface area contributed by atoms with Crippen molar-refractivity contribution in [3.8, 4) is 40.2 Å². The van der Waals surface area contributed by atoms with Crippen LogP contribution in [0.2, 0.25) is 0 Å². The zero-order valence-corrected chi connectivity index (χ0v) is 20.0. The van der Waals surface area contributed by atoms with Crippen LogP contribution in [0, 0.1) is 11.8 Å². The van der Waals surface area contributed by atoms with Crippen molar-refractivity contribution in [2.75, 3.05) is 27.3 Å². The number of aliphatic hydroxyl groups is 4. The molecule has 1 aliphatic carbocycles. The molecule has 0 spiro atoms. The molecule has 0 aromatic heterocycles. The van der Waals surface area contributed by atoms with E-state index >= 15 is 0 Å². The molecule has 0 radical (unpaired) electrons. The number of rotatable bonds is 6. The van der Waals surface area contributed by atoms with E-state index in [-0.39, 0.29) is 37.9 Å². The van der Waals surface area contributed by atoms with Gasteiger partial charge in [-0.3, -0.25) is 4.79 Å². The van der Waals surface area contributed by atoms with Crippen LogP contribution in [0.25, 0.3) is 0 Å². The molecule has 37 heavy (non-hydrogen) atoms. The Morgan fingerprint density at radius 2 is 1.30 bits per heavy atom. The van der Waals surface area contributed by atoms with Crippen LogP contribution >= 0.6 is 0 Å². The second kappa shape index (κ2) is 9.11. The number of ketones is 1. The maximum Gasteiger partial charge on any atom is 0.261 e. The van der Waals surface area contributed by atoms with Crippen molar-refractivity contribution in [3.63, 3.8) is 0 Å². The number of ether oxygens (including phenoxy) is 2. The van der Waals surface area contributed by atoms with E-state index in [9.17, 15) is 50.8 Å². The van der Waals surface area contributed by atoms with Gasteiger partial charge in [-0.2, -0.15) is 0 Å². The standard InChI is InChI=1S/C24H29NO12/c1-36-14-8-10-7-13(17(26)12(10)9-15(14)37-2)23(32,33)11-3-5-25(6-4-11)24(34,35)16-18(27)20(29)22(31)21(30)19(16)28/h8-9,11,13,27-35H,3-7H2,1-2H3. The highest BCUT2D eigenvalue weighted by Crippen LogP contribution is 2.54. The van der Waals surface area contributed by atoms with Crippen molar-refractivity contribution < 1.29 is 60.2 Å². The first-order valence-corrected chi connectivity index (χ1v) is 11.4. The largest absolute Gasteiger partial charge is 0.504 e. The Bertz CT molecular complexity index is 1200. The molecule has 1 atom stereocenters. The van der Waals surface area contributed by atoms with Gasteiger partial charge < -0.3 is 55.4 Å². The average Bonchev–Trinajstić information content (AvgIpc) is 3.21. The van der Waals surface area contributed by atoms with Crippen LogP contribution in [-0.2, 0) is 12.3 Å². The van der Waals surface area contributed by atoms with Crippen LogP contribution in [-0.4, -0.2) is 89.7 Å². The molecule has 4 rings (SSSR count). The maximum absolute atomic E-state index is 13.1. The molecule has 2 aromatic rings. The quantitative estimate of drug-likeness (QED) is 0.136. The van der Waals surface area contributed by atoms with E-state index < -0.39 is 63.6 Å². The third-order valence-corrected chi connectivity index (χ3v) is 7.37. The highest BCUT2D eigenvalue weighted by atomic mass is 16.5. The summed E-state index contributed by atoms with van der Waals surface area (Å²) < 4.78 is 10.5. The number of carbonyl (C=O) groups is 1. The number of phenols is 5. The number of benzene rings is 2. The summed E-state index contributed by atoms with van der Waals surface area (Å²) in [6.07, 6.45) is -0.0418. The van der Waals surface area contributed by atoms with Gasteiger partial charge >= 0.3 is 0 Å². The molecule has 13 nitrogen and oxygen atoms in total. The maximum atomic E-state index is 13.1. The molecule has 1 unspecified atom stereocenters. The first-order chi connectivity index (χ1) is 17.3. The Balaban J connectivity index is 1.53. The monoisotopic (exact) mass is 523 g/mol. The van der Waals surface area contributed by atoms with Crippen LogP contribution in [0.3, 0.4) is 0 Å². The van der Waals surface area contributed by atoms with E-state index in [0.717, 1.165) is 4.90 Å². The van der Waals surface area contributed by atoms with Crippen molar-refractivity contribution in [3.05, 3.63) is 28.8 Å². The Hall–Kier alpha value is -3.49.